The van der Waals surface area contributed by atoms with Gasteiger partial charge in [-0.1, -0.05) is 19.1 Å². The average Bonchev–Trinajstić information content (AvgIpc) is 2.80. The Hall–Kier alpha value is -1.51. The molecule has 0 spiro atoms. The fraction of sp³-hybridized carbons (Fsp3) is 0.364. The maximum absolute atomic E-state index is 9.16. The molecule has 1 aromatic rings. The number of nitrogens with one attached hydrogen (secondary N) is 1. The smallest absolute Gasteiger partial charge is 0.115 e. The zero-order valence-corrected chi connectivity index (χ0v) is 8.12. The number of aromatic hydroxyl groups is 1. The molecule has 2 atom stereocenters. The molecule has 1 aromatic carbocycles. The molecule has 14 heavy (non-hydrogen) atoms. The molecule has 0 saturated heterocycles. The van der Waals surface area contributed by atoms with Gasteiger partial charge in [0.2, 0.25) is 0 Å². The Kier molecular flexibility index (Phi) is 1.77. The molecule has 3 heteroatoms. The molecule has 0 amide bonds. The normalized spacial score (nSPS) is 29.9. The lowest BCUT2D eigenvalue weighted by Gasteiger charge is -2.15. The molecule has 0 aliphatic heterocycles. The van der Waals surface area contributed by atoms with Crippen LogP contribution in [0.5, 0.6) is 5.75 Å². The highest BCUT2D eigenvalue weighted by Crippen LogP contribution is 2.53. The maximum Gasteiger partial charge on any atom is 0.115 e. The molecule has 1 aliphatic rings. The number of phenolic OH excluding ortho intramolecular Hbond substituents is 1. The molecule has 2 rings (SSSR count). The van der Waals surface area contributed by atoms with Gasteiger partial charge in [-0.25, -0.2) is 0 Å². The summed E-state index contributed by atoms with van der Waals surface area (Å²) < 4.78 is 0. The first-order chi connectivity index (χ1) is 6.57. The highest BCUT2D eigenvalue weighted by molar-refractivity contribution is 5.92. The fourth-order valence-electron chi connectivity index (χ4n) is 2.12. The Morgan fingerprint density at radius 1 is 1.50 bits per heavy atom. The van der Waals surface area contributed by atoms with Crippen LogP contribution < -0.4 is 5.73 Å². The van der Waals surface area contributed by atoms with Gasteiger partial charge in [-0.15, -0.1) is 0 Å². The molecule has 1 aliphatic carbocycles. The third kappa shape index (κ3) is 1.09. The predicted molar refractivity (Wildman–Crippen MR) is 55.5 cm³/mol. The lowest BCUT2D eigenvalue weighted by molar-refractivity contribution is 0.475. The minimum Gasteiger partial charge on any atom is -0.508 e. The number of benzene rings is 1. The van der Waals surface area contributed by atoms with E-state index in [4.69, 9.17) is 16.2 Å². The van der Waals surface area contributed by atoms with Crippen molar-refractivity contribution in [3.63, 3.8) is 0 Å². The van der Waals surface area contributed by atoms with Crippen LogP contribution in [-0.4, -0.2) is 10.9 Å². The molecule has 3 nitrogen and oxygen atoms in total. The number of amidine groups is 1. The maximum atomic E-state index is 9.16. The minimum atomic E-state index is -0.256. The highest BCUT2D eigenvalue weighted by atomic mass is 16.3. The summed E-state index contributed by atoms with van der Waals surface area (Å²) in [6.45, 7) is 2.09. The van der Waals surface area contributed by atoms with E-state index in [1.807, 2.05) is 12.1 Å². The van der Waals surface area contributed by atoms with Gasteiger partial charge in [-0.3, -0.25) is 5.41 Å². The van der Waals surface area contributed by atoms with E-state index >= 15 is 0 Å². The quantitative estimate of drug-likeness (QED) is 0.489. The molecule has 74 valence electrons. The summed E-state index contributed by atoms with van der Waals surface area (Å²) in [7, 11) is 0. The van der Waals surface area contributed by atoms with Crippen molar-refractivity contribution in [2.45, 2.75) is 18.8 Å². The molecule has 0 bridgehead atoms. The van der Waals surface area contributed by atoms with E-state index in [2.05, 4.69) is 6.92 Å². The van der Waals surface area contributed by atoms with E-state index in [0.717, 1.165) is 12.0 Å². The van der Waals surface area contributed by atoms with Crippen molar-refractivity contribution in [1.29, 1.82) is 5.41 Å². The van der Waals surface area contributed by atoms with E-state index in [-0.39, 0.29) is 17.0 Å². The van der Waals surface area contributed by atoms with Gasteiger partial charge in [-0.2, -0.15) is 0 Å². The lowest BCUT2D eigenvalue weighted by Crippen LogP contribution is -2.29. The molecule has 2 unspecified atom stereocenters. The van der Waals surface area contributed by atoms with Crippen molar-refractivity contribution in [2.75, 3.05) is 0 Å². The summed E-state index contributed by atoms with van der Waals surface area (Å²) in [6, 6.07) is 6.98. The van der Waals surface area contributed by atoms with E-state index in [9.17, 15) is 0 Å². The molecule has 0 radical (unpaired) electrons. The topological polar surface area (TPSA) is 70.1 Å². The molecular formula is C11H14N2O. The van der Waals surface area contributed by atoms with Gasteiger partial charge in [0.15, 0.2) is 0 Å². The second-order valence-corrected chi connectivity index (χ2v) is 4.04. The highest BCUT2D eigenvalue weighted by Gasteiger charge is 2.55. The van der Waals surface area contributed by atoms with E-state index in [1.165, 1.54) is 0 Å². The van der Waals surface area contributed by atoms with Gasteiger partial charge < -0.3 is 10.8 Å². The third-order valence-corrected chi connectivity index (χ3v) is 3.17. The van der Waals surface area contributed by atoms with Crippen molar-refractivity contribution in [3.8, 4) is 5.75 Å². The fourth-order valence-corrected chi connectivity index (χ4v) is 2.12. The van der Waals surface area contributed by atoms with Gasteiger partial charge in [0.1, 0.15) is 11.6 Å². The summed E-state index contributed by atoms with van der Waals surface area (Å²) in [5, 5.41) is 16.8. The zero-order chi connectivity index (χ0) is 10.3. The van der Waals surface area contributed by atoms with Crippen molar-refractivity contribution < 1.29 is 5.11 Å². The van der Waals surface area contributed by atoms with E-state index in [1.54, 1.807) is 12.1 Å². The van der Waals surface area contributed by atoms with Crippen molar-refractivity contribution in [3.05, 3.63) is 29.8 Å². The van der Waals surface area contributed by atoms with Crippen LogP contribution in [-0.2, 0) is 5.41 Å². The van der Waals surface area contributed by atoms with Gasteiger partial charge in [0.05, 0.1) is 5.41 Å². The van der Waals surface area contributed by atoms with Crippen molar-refractivity contribution in [1.82, 2.24) is 0 Å². The minimum absolute atomic E-state index is 0.232. The second-order valence-electron chi connectivity index (χ2n) is 4.04. The first kappa shape index (κ1) is 9.06. The number of phenols is 1. The molecule has 4 N–H and O–H groups in total. The number of hydrogen-bond acceptors (Lipinski definition) is 2. The molecular weight excluding hydrogens is 176 g/mol. The van der Waals surface area contributed by atoms with Crippen LogP contribution in [0.3, 0.4) is 0 Å². The summed E-state index contributed by atoms with van der Waals surface area (Å²) in [4.78, 5) is 0. The number of rotatable bonds is 2. The summed E-state index contributed by atoms with van der Waals surface area (Å²) in [6.07, 6.45) is 0.938. The van der Waals surface area contributed by atoms with Gasteiger partial charge >= 0.3 is 0 Å². The number of hydrogen-bond donors (Lipinski definition) is 3. The van der Waals surface area contributed by atoms with E-state index in [0.29, 0.717) is 5.92 Å². The average molecular weight is 190 g/mol. The van der Waals surface area contributed by atoms with Crippen molar-refractivity contribution >= 4 is 5.84 Å². The van der Waals surface area contributed by atoms with Crippen molar-refractivity contribution in [2.24, 2.45) is 11.7 Å². The monoisotopic (exact) mass is 190 g/mol. The second kappa shape index (κ2) is 2.74. The Morgan fingerprint density at radius 3 is 2.36 bits per heavy atom. The summed E-state index contributed by atoms with van der Waals surface area (Å²) >= 11 is 0. The standard InChI is InChI=1S/C11H14N2O/c1-7-6-11(7,10(12)13)8-2-4-9(14)5-3-8/h2-5,7,14H,6H2,1H3,(H3,12,13). The first-order valence-corrected chi connectivity index (χ1v) is 4.71. The first-order valence-electron chi connectivity index (χ1n) is 4.71. The SMILES string of the molecule is CC1CC1(C(=N)N)c1ccc(O)cc1. The lowest BCUT2D eigenvalue weighted by atomic mass is 9.92. The van der Waals surface area contributed by atoms with Gasteiger partial charge in [0.25, 0.3) is 0 Å². The zero-order valence-electron chi connectivity index (χ0n) is 8.12. The van der Waals surface area contributed by atoms with Crippen LogP contribution in [0.15, 0.2) is 24.3 Å². The van der Waals surface area contributed by atoms with Gasteiger partial charge in [-0.05, 0) is 30.0 Å². The summed E-state index contributed by atoms with van der Waals surface area (Å²) in [5.74, 6) is 0.918. The third-order valence-electron chi connectivity index (χ3n) is 3.17. The Labute approximate surface area is 83.1 Å². The van der Waals surface area contributed by atoms with Crippen LogP contribution >= 0.6 is 0 Å². The predicted octanol–water partition coefficient (Wildman–Crippen LogP) is 1.61. The van der Waals surface area contributed by atoms with Crippen LogP contribution in [0.2, 0.25) is 0 Å². The van der Waals surface area contributed by atoms with Crippen LogP contribution in [0.25, 0.3) is 0 Å². The summed E-state index contributed by atoms with van der Waals surface area (Å²) in [5.41, 5.74) is 6.40. The van der Waals surface area contributed by atoms with Gasteiger partial charge in [0, 0.05) is 0 Å². The largest absolute Gasteiger partial charge is 0.508 e. The van der Waals surface area contributed by atoms with E-state index < -0.39 is 0 Å². The molecule has 1 fully saturated rings. The number of nitrogens with two attached hydrogens (primary N) is 1. The van der Waals surface area contributed by atoms with Crippen LogP contribution in [0.4, 0.5) is 0 Å². The molecule has 1 saturated carbocycles. The molecule has 0 aromatic heterocycles. The Morgan fingerprint density at radius 2 is 2.00 bits per heavy atom. The van der Waals surface area contributed by atoms with Crippen LogP contribution in [0.1, 0.15) is 18.9 Å². The Balaban J connectivity index is 2.39. The Bertz CT molecular complexity index is 371. The van der Waals surface area contributed by atoms with Crippen LogP contribution in [0, 0.1) is 11.3 Å². The molecule has 0 heterocycles.